The van der Waals surface area contributed by atoms with Crippen molar-refractivity contribution in [2.75, 3.05) is 5.32 Å². The molecule has 0 aromatic carbocycles. The fraction of sp³-hybridized carbons (Fsp3) is 0.267. The molecular formula is C15H13N3O2. The zero-order valence-corrected chi connectivity index (χ0v) is 11.0. The molecule has 3 rings (SSSR count). The van der Waals surface area contributed by atoms with E-state index in [0.717, 1.165) is 18.6 Å². The quantitative estimate of drug-likeness (QED) is 0.927. The van der Waals surface area contributed by atoms with E-state index in [2.05, 4.69) is 10.3 Å². The van der Waals surface area contributed by atoms with E-state index in [1.54, 1.807) is 25.1 Å². The van der Waals surface area contributed by atoms with Crippen LogP contribution in [0, 0.1) is 18.3 Å². The molecule has 20 heavy (non-hydrogen) atoms. The number of anilines is 1. The van der Waals surface area contributed by atoms with Gasteiger partial charge in [-0.15, -0.1) is 0 Å². The van der Waals surface area contributed by atoms with Crippen LogP contribution in [0.15, 0.2) is 28.9 Å². The number of furan rings is 1. The third-order valence-electron chi connectivity index (χ3n) is 3.21. The third kappa shape index (κ3) is 2.41. The third-order valence-corrected chi connectivity index (χ3v) is 3.21. The first-order valence-electron chi connectivity index (χ1n) is 6.45. The van der Waals surface area contributed by atoms with Gasteiger partial charge in [-0.2, -0.15) is 5.26 Å². The number of hydrogen-bond donors (Lipinski definition) is 1. The number of amides is 1. The minimum absolute atomic E-state index is 0.248. The maximum atomic E-state index is 12.2. The van der Waals surface area contributed by atoms with Crippen molar-refractivity contribution < 1.29 is 9.21 Å². The van der Waals surface area contributed by atoms with Gasteiger partial charge in [-0.25, -0.2) is 4.98 Å². The zero-order valence-electron chi connectivity index (χ0n) is 11.0. The van der Waals surface area contributed by atoms with Crippen molar-refractivity contribution in [3.63, 3.8) is 0 Å². The fourth-order valence-corrected chi connectivity index (χ4v) is 2.15. The predicted octanol–water partition coefficient (Wildman–Crippen LogP) is 2.98. The molecule has 1 fully saturated rings. The van der Waals surface area contributed by atoms with Gasteiger partial charge in [-0.1, -0.05) is 0 Å². The van der Waals surface area contributed by atoms with Crippen molar-refractivity contribution in [3.8, 4) is 6.07 Å². The highest BCUT2D eigenvalue weighted by Crippen LogP contribution is 2.42. The molecule has 1 aliphatic carbocycles. The van der Waals surface area contributed by atoms with E-state index in [-0.39, 0.29) is 5.91 Å². The highest BCUT2D eigenvalue weighted by Gasteiger charge is 2.31. The molecular weight excluding hydrogens is 254 g/mol. The van der Waals surface area contributed by atoms with Crippen molar-refractivity contribution in [1.82, 2.24) is 4.98 Å². The summed E-state index contributed by atoms with van der Waals surface area (Å²) >= 11 is 0. The molecule has 100 valence electrons. The van der Waals surface area contributed by atoms with Gasteiger partial charge < -0.3 is 9.73 Å². The Kier molecular flexibility index (Phi) is 2.99. The van der Waals surface area contributed by atoms with Crippen LogP contribution in [-0.2, 0) is 0 Å². The normalized spacial score (nSPS) is 13.8. The van der Waals surface area contributed by atoms with Crippen LogP contribution in [0.4, 0.5) is 5.82 Å². The maximum Gasteiger partial charge on any atom is 0.260 e. The molecule has 1 saturated carbocycles. The van der Waals surface area contributed by atoms with Gasteiger partial charge in [0.15, 0.2) is 0 Å². The van der Waals surface area contributed by atoms with E-state index in [9.17, 15) is 4.79 Å². The number of hydrogen-bond acceptors (Lipinski definition) is 4. The van der Waals surface area contributed by atoms with E-state index in [4.69, 9.17) is 9.68 Å². The molecule has 5 nitrogen and oxygen atoms in total. The molecule has 0 radical (unpaired) electrons. The summed E-state index contributed by atoms with van der Waals surface area (Å²) in [6, 6.07) is 6.94. The van der Waals surface area contributed by atoms with E-state index in [1.807, 2.05) is 6.07 Å². The Hall–Kier alpha value is -2.61. The standard InChI is InChI=1S/C15H13N3O2/c1-9-6-10(8-16)7-13(17-9)18-15(19)12-4-5-20-14(12)11-2-3-11/h4-7,11H,2-3H2,1H3,(H,17,18,19). The van der Waals surface area contributed by atoms with E-state index < -0.39 is 0 Å². The summed E-state index contributed by atoms with van der Waals surface area (Å²) in [4.78, 5) is 16.5. The van der Waals surface area contributed by atoms with Crippen LogP contribution in [0.1, 0.15) is 46.1 Å². The number of carbonyl (C=O) groups is 1. The van der Waals surface area contributed by atoms with Gasteiger partial charge in [0, 0.05) is 11.6 Å². The maximum absolute atomic E-state index is 12.2. The monoisotopic (exact) mass is 267 g/mol. The molecule has 0 spiro atoms. The Bertz CT molecular complexity index is 708. The second-order valence-corrected chi connectivity index (χ2v) is 4.92. The summed E-state index contributed by atoms with van der Waals surface area (Å²) in [6.45, 7) is 1.78. The van der Waals surface area contributed by atoms with Crippen LogP contribution >= 0.6 is 0 Å². The Morgan fingerprint density at radius 3 is 3.00 bits per heavy atom. The molecule has 2 aromatic heterocycles. The number of rotatable bonds is 3. The van der Waals surface area contributed by atoms with Crippen LogP contribution in [-0.4, -0.2) is 10.9 Å². The number of nitriles is 1. The number of nitrogens with zero attached hydrogens (tertiary/aromatic N) is 2. The minimum Gasteiger partial charge on any atom is -0.468 e. The lowest BCUT2D eigenvalue weighted by atomic mass is 10.1. The summed E-state index contributed by atoms with van der Waals surface area (Å²) < 4.78 is 5.38. The van der Waals surface area contributed by atoms with Crippen LogP contribution in [0.25, 0.3) is 0 Å². The van der Waals surface area contributed by atoms with Crippen LogP contribution < -0.4 is 5.32 Å². The van der Waals surface area contributed by atoms with Crippen molar-refractivity contribution in [3.05, 3.63) is 47.0 Å². The Morgan fingerprint density at radius 2 is 2.30 bits per heavy atom. The Morgan fingerprint density at radius 1 is 1.50 bits per heavy atom. The molecule has 0 saturated heterocycles. The first-order chi connectivity index (χ1) is 9.67. The summed E-state index contributed by atoms with van der Waals surface area (Å²) in [5, 5.41) is 11.6. The smallest absolute Gasteiger partial charge is 0.260 e. The van der Waals surface area contributed by atoms with Gasteiger partial charge in [0.05, 0.1) is 23.5 Å². The largest absolute Gasteiger partial charge is 0.468 e. The SMILES string of the molecule is Cc1cc(C#N)cc(NC(=O)c2ccoc2C2CC2)n1. The van der Waals surface area contributed by atoms with Gasteiger partial charge in [-0.3, -0.25) is 4.79 Å². The molecule has 5 heteroatoms. The summed E-state index contributed by atoms with van der Waals surface area (Å²) in [6.07, 6.45) is 3.66. The molecule has 0 atom stereocenters. The van der Waals surface area contributed by atoms with Crippen molar-refractivity contribution in [2.45, 2.75) is 25.7 Å². The lowest BCUT2D eigenvalue weighted by Gasteiger charge is -2.05. The van der Waals surface area contributed by atoms with Gasteiger partial charge >= 0.3 is 0 Å². The highest BCUT2D eigenvalue weighted by molar-refractivity contribution is 6.04. The number of aryl methyl sites for hydroxylation is 1. The van der Waals surface area contributed by atoms with Gasteiger partial charge in [0.25, 0.3) is 5.91 Å². The molecule has 0 bridgehead atoms. The lowest BCUT2D eigenvalue weighted by molar-refractivity contribution is 0.102. The van der Waals surface area contributed by atoms with Gasteiger partial charge in [0.1, 0.15) is 11.6 Å². The second-order valence-electron chi connectivity index (χ2n) is 4.92. The lowest BCUT2D eigenvalue weighted by Crippen LogP contribution is -2.14. The molecule has 0 aliphatic heterocycles. The second kappa shape index (κ2) is 4.82. The topological polar surface area (TPSA) is 78.9 Å². The molecule has 1 aliphatic rings. The van der Waals surface area contributed by atoms with E-state index >= 15 is 0 Å². The van der Waals surface area contributed by atoms with Crippen LogP contribution in [0.5, 0.6) is 0 Å². The Balaban J connectivity index is 1.84. The highest BCUT2D eigenvalue weighted by atomic mass is 16.3. The zero-order chi connectivity index (χ0) is 14.1. The minimum atomic E-state index is -0.248. The summed E-state index contributed by atoms with van der Waals surface area (Å²) in [7, 11) is 0. The number of nitrogens with one attached hydrogen (secondary N) is 1. The molecule has 2 heterocycles. The first-order valence-corrected chi connectivity index (χ1v) is 6.45. The van der Waals surface area contributed by atoms with Crippen LogP contribution in [0.3, 0.4) is 0 Å². The molecule has 0 unspecified atom stereocenters. The number of aromatic nitrogens is 1. The molecule has 1 amide bonds. The molecule has 1 N–H and O–H groups in total. The van der Waals surface area contributed by atoms with Gasteiger partial charge in [-0.05, 0) is 38.0 Å². The van der Waals surface area contributed by atoms with Gasteiger partial charge in [0.2, 0.25) is 0 Å². The van der Waals surface area contributed by atoms with Crippen molar-refractivity contribution in [2.24, 2.45) is 0 Å². The number of carbonyl (C=O) groups excluding carboxylic acids is 1. The summed E-state index contributed by atoms with van der Waals surface area (Å²) in [5.74, 6) is 1.25. The van der Waals surface area contributed by atoms with Crippen molar-refractivity contribution in [1.29, 1.82) is 5.26 Å². The average Bonchev–Trinajstić information content (AvgIpc) is 3.15. The first kappa shape index (κ1) is 12.4. The van der Waals surface area contributed by atoms with E-state index in [0.29, 0.717) is 28.6 Å². The predicted molar refractivity (Wildman–Crippen MR) is 72.3 cm³/mol. The summed E-state index contributed by atoms with van der Waals surface area (Å²) in [5.41, 5.74) is 1.71. The van der Waals surface area contributed by atoms with E-state index in [1.165, 1.54) is 6.26 Å². The number of pyridine rings is 1. The fourth-order valence-electron chi connectivity index (χ4n) is 2.15. The van der Waals surface area contributed by atoms with Crippen molar-refractivity contribution >= 4 is 11.7 Å². The average molecular weight is 267 g/mol. The Labute approximate surface area is 116 Å². The molecule has 2 aromatic rings. The van der Waals surface area contributed by atoms with Crippen LogP contribution in [0.2, 0.25) is 0 Å².